The van der Waals surface area contributed by atoms with Crippen molar-refractivity contribution in [2.45, 2.75) is 26.8 Å². The maximum absolute atomic E-state index is 12.9. The van der Waals surface area contributed by atoms with E-state index in [-0.39, 0.29) is 24.5 Å². The molecule has 0 bridgehead atoms. The third-order valence-electron chi connectivity index (χ3n) is 5.12. The summed E-state index contributed by atoms with van der Waals surface area (Å²) in [6.07, 6.45) is 0. The molecule has 2 aromatic carbocycles. The average molecular weight is 500 g/mol. The number of hydrogen-bond acceptors (Lipinski definition) is 4. The van der Waals surface area contributed by atoms with Gasteiger partial charge in [-0.25, -0.2) is 9.59 Å². The first kappa shape index (κ1) is 23.5. The minimum absolute atomic E-state index is 0.185. The van der Waals surface area contributed by atoms with E-state index in [9.17, 15) is 14.4 Å². The predicted molar refractivity (Wildman–Crippen MR) is 126 cm³/mol. The van der Waals surface area contributed by atoms with Crippen LogP contribution in [0.2, 0.25) is 0 Å². The van der Waals surface area contributed by atoms with Crippen molar-refractivity contribution in [1.29, 1.82) is 0 Å². The Morgan fingerprint density at radius 1 is 1.19 bits per heavy atom. The summed E-state index contributed by atoms with van der Waals surface area (Å²) in [6, 6.07) is 13.2. The van der Waals surface area contributed by atoms with E-state index in [1.807, 2.05) is 19.9 Å². The van der Waals surface area contributed by atoms with Gasteiger partial charge in [-0.2, -0.15) is 0 Å². The maximum atomic E-state index is 12.9. The Bertz CT molecular complexity index is 1080. The number of esters is 1. The van der Waals surface area contributed by atoms with Gasteiger partial charge < -0.3 is 20.3 Å². The number of allylic oxidation sites excluding steroid dienone is 1. The first-order valence-corrected chi connectivity index (χ1v) is 11.1. The van der Waals surface area contributed by atoms with Gasteiger partial charge in [-0.15, -0.1) is 0 Å². The van der Waals surface area contributed by atoms with E-state index in [4.69, 9.17) is 4.74 Å². The van der Waals surface area contributed by atoms with Crippen LogP contribution >= 0.6 is 15.9 Å². The predicted octanol–water partition coefficient (Wildman–Crippen LogP) is 4.87. The van der Waals surface area contributed by atoms with Gasteiger partial charge in [0.05, 0.1) is 23.8 Å². The van der Waals surface area contributed by atoms with E-state index in [0.717, 1.165) is 0 Å². The van der Waals surface area contributed by atoms with Crippen LogP contribution in [0.15, 0.2) is 64.3 Å². The van der Waals surface area contributed by atoms with E-state index in [0.29, 0.717) is 32.6 Å². The molecule has 1 aliphatic heterocycles. The smallest absolute Gasteiger partial charge is 0.338 e. The van der Waals surface area contributed by atoms with Crippen molar-refractivity contribution in [3.63, 3.8) is 0 Å². The summed E-state index contributed by atoms with van der Waals surface area (Å²) in [5.74, 6) is -0.564. The van der Waals surface area contributed by atoms with E-state index in [2.05, 4.69) is 26.6 Å². The molecule has 0 radical (unpaired) electrons. The second kappa shape index (κ2) is 9.99. The van der Waals surface area contributed by atoms with Gasteiger partial charge >= 0.3 is 12.0 Å². The zero-order valence-corrected chi connectivity index (χ0v) is 20.0. The number of benzene rings is 2. The Hall–Kier alpha value is -3.13. The van der Waals surface area contributed by atoms with Crippen molar-refractivity contribution in [1.82, 2.24) is 10.2 Å². The molecule has 0 saturated heterocycles. The molecule has 0 spiro atoms. The number of hydrogen-bond donors (Lipinski definition) is 2. The molecule has 1 aliphatic rings. The molecule has 3 rings (SSSR count). The monoisotopic (exact) mass is 499 g/mol. The lowest BCUT2D eigenvalue weighted by atomic mass is 9.94. The van der Waals surface area contributed by atoms with E-state index in [1.54, 1.807) is 56.4 Å². The Morgan fingerprint density at radius 2 is 1.91 bits per heavy atom. The average Bonchev–Trinajstić information content (AvgIpc) is 2.76. The Balaban J connectivity index is 1.91. The third kappa shape index (κ3) is 5.19. The number of nitrogens with one attached hydrogen (secondary N) is 2. The van der Waals surface area contributed by atoms with Crippen LogP contribution in [0.1, 0.15) is 42.7 Å². The summed E-state index contributed by atoms with van der Waals surface area (Å²) in [7, 11) is 1.60. The summed E-state index contributed by atoms with van der Waals surface area (Å²) < 4.78 is 6.15. The highest BCUT2D eigenvalue weighted by atomic mass is 79.9. The number of carbonyl (C=O) groups excluding carboxylic acids is 3. The fraction of sp³-hybridized carbons (Fsp3) is 0.292. The first-order valence-electron chi connectivity index (χ1n) is 10.3. The molecule has 7 nitrogen and oxygen atoms in total. The molecule has 2 aromatic rings. The van der Waals surface area contributed by atoms with Crippen LogP contribution in [0.4, 0.5) is 10.5 Å². The Labute approximate surface area is 195 Å². The van der Waals surface area contributed by atoms with Crippen LogP contribution in [0.3, 0.4) is 0 Å². The number of ether oxygens (including phenoxy) is 1. The summed E-state index contributed by atoms with van der Waals surface area (Å²) in [5, 5.41) is 5.73. The fourth-order valence-electron chi connectivity index (χ4n) is 3.31. The van der Waals surface area contributed by atoms with Crippen LogP contribution < -0.4 is 10.6 Å². The maximum Gasteiger partial charge on any atom is 0.338 e. The first-order chi connectivity index (χ1) is 15.2. The Morgan fingerprint density at radius 3 is 2.59 bits per heavy atom. The van der Waals surface area contributed by atoms with Gasteiger partial charge in [-0.3, -0.25) is 4.79 Å². The van der Waals surface area contributed by atoms with Gasteiger partial charge in [0.1, 0.15) is 0 Å². The molecule has 0 saturated carbocycles. The van der Waals surface area contributed by atoms with Crippen molar-refractivity contribution in [2.24, 2.45) is 5.92 Å². The molecular weight excluding hydrogens is 474 g/mol. The molecule has 0 aliphatic carbocycles. The lowest BCUT2D eigenvalue weighted by Gasteiger charge is -2.33. The Kier molecular flexibility index (Phi) is 7.35. The summed E-state index contributed by atoms with van der Waals surface area (Å²) >= 11 is 3.38. The third-order valence-corrected chi connectivity index (χ3v) is 5.81. The number of carbonyl (C=O) groups is 3. The number of anilines is 1. The largest absolute Gasteiger partial charge is 0.462 e. The molecule has 1 heterocycles. The number of rotatable bonds is 6. The highest BCUT2D eigenvalue weighted by Gasteiger charge is 2.35. The molecule has 1 unspecified atom stereocenters. The van der Waals surface area contributed by atoms with Crippen molar-refractivity contribution in [3.8, 4) is 0 Å². The van der Waals surface area contributed by atoms with E-state index < -0.39 is 12.0 Å². The van der Waals surface area contributed by atoms with Crippen molar-refractivity contribution < 1.29 is 19.1 Å². The number of nitrogens with zero attached hydrogens (tertiary/aromatic N) is 1. The molecule has 2 N–H and O–H groups in total. The van der Waals surface area contributed by atoms with Gasteiger partial charge in [0, 0.05) is 22.9 Å². The standard InChI is InChI=1S/C24H26BrN3O4/c1-14(2)13-32-23(30)20-15(3)28(4)24(31)27-21(20)16-8-7-9-17(12-16)26-22(29)18-10-5-6-11-19(18)25/h5-12,14,21H,13H2,1-4H3,(H,26,29)(H,27,31). The molecule has 0 fully saturated rings. The normalized spacial score (nSPS) is 16.1. The molecule has 0 aromatic heterocycles. The van der Waals surface area contributed by atoms with E-state index in [1.165, 1.54) is 4.90 Å². The molecular formula is C24H26BrN3O4. The quantitative estimate of drug-likeness (QED) is 0.554. The number of urea groups is 1. The van der Waals surface area contributed by atoms with Gasteiger partial charge in [0.15, 0.2) is 0 Å². The fourth-order valence-corrected chi connectivity index (χ4v) is 3.77. The summed E-state index contributed by atoms with van der Waals surface area (Å²) in [5.41, 5.74) is 2.59. The second-order valence-corrected chi connectivity index (χ2v) is 8.85. The van der Waals surface area contributed by atoms with Crippen LogP contribution in [0.5, 0.6) is 0 Å². The van der Waals surface area contributed by atoms with Crippen LogP contribution in [0, 0.1) is 5.92 Å². The van der Waals surface area contributed by atoms with Gasteiger partial charge in [-0.05, 0) is 58.6 Å². The lowest BCUT2D eigenvalue weighted by Crippen LogP contribution is -2.46. The second-order valence-electron chi connectivity index (χ2n) is 7.99. The SMILES string of the molecule is CC1=C(C(=O)OCC(C)C)C(c2cccc(NC(=O)c3ccccc3Br)c2)NC(=O)N1C. The molecule has 1 atom stereocenters. The zero-order chi connectivity index (χ0) is 23.4. The topological polar surface area (TPSA) is 87.7 Å². The van der Waals surface area contributed by atoms with Gasteiger partial charge in [0.25, 0.3) is 5.91 Å². The number of halogens is 1. The van der Waals surface area contributed by atoms with Gasteiger partial charge in [0.2, 0.25) is 0 Å². The lowest BCUT2D eigenvalue weighted by molar-refractivity contribution is -0.140. The van der Waals surface area contributed by atoms with Crippen LogP contribution in [-0.2, 0) is 9.53 Å². The summed E-state index contributed by atoms with van der Waals surface area (Å²) in [4.78, 5) is 39.4. The minimum Gasteiger partial charge on any atom is -0.462 e. The van der Waals surface area contributed by atoms with Crippen molar-refractivity contribution in [2.75, 3.05) is 19.0 Å². The minimum atomic E-state index is -0.696. The zero-order valence-electron chi connectivity index (χ0n) is 18.4. The van der Waals surface area contributed by atoms with Crippen molar-refractivity contribution in [3.05, 3.63) is 75.4 Å². The molecule has 3 amide bonds. The molecule has 32 heavy (non-hydrogen) atoms. The van der Waals surface area contributed by atoms with Gasteiger partial charge in [-0.1, -0.05) is 38.1 Å². The van der Waals surface area contributed by atoms with Crippen LogP contribution in [0.25, 0.3) is 0 Å². The van der Waals surface area contributed by atoms with Crippen LogP contribution in [-0.4, -0.2) is 36.5 Å². The highest BCUT2D eigenvalue weighted by Crippen LogP contribution is 2.32. The summed E-state index contributed by atoms with van der Waals surface area (Å²) in [6.45, 7) is 5.91. The highest BCUT2D eigenvalue weighted by molar-refractivity contribution is 9.10. The van der Waals surface area contributed by atoms with E-state index >= 15 is 0 Å². The number of amides is 3. The molecule has 168 valence electrons. The molecule has 8 heteroatoms. The van der Waals surface area contributed by atoms with Crippen molar-refractivity contribution >= 4 is 39.5 Å².